The Morgan fingerprint density at radius 1 is 1.41 bits per heavy atom. The Balaban J connectivity index is 2.36. The standard InChI is InChI=1S/C12H9ClN4/c1-8-3-2-4-10(5-8)16-11-9(6-14)7-15-12(13)17-11/h2-5,7H,1H3,(H,15,16,17). The zero-order valence-corrected chi connectivity index (χ0v) is 9.86. The summed E-state index contributed by atoms with van der Waals surface area (Å²) in [6.45, 7) is 1.99. The highest BCUT2D eigenvalue weighted by Gasteiger charge is 2.06. The highest BCUT2D eigenvalue weighted by molar-refractivity contribution is 6.28. The normalized spacial score (nSPS) is 9.71. The number of halogens is 1. The number of nitrogens with zero attached hydrogens (tertiary/aromatic N) is 3. The van der Waals surface area contributed by atoms with Crippen molar-refractivity contribution in [3.05, 3.63) is 46.9 Å². The molecule has 2 aromatic rings. The van der Waals surface area contributed by atoms with E-state index in [1.807, 2.05) is 37.3 Å². The van der Waals surface area contributed by atoms with Gasteiger partial charge in [0, 0.05) is 5.69 Å². The summed E-state index contributed by atoms with van der Waals surface area (Å²) in [5.41, 5.74) is 2.33. The summed E-state index contributed by atoms with van der Waals surface area (Å²) in [6.07, 6.45) is 1.40. The number of aryl methyl sites for hydroxylation is 1. The molecule has 0 spiro atoms. The predicted octanol–water partition coefficient (Wildman–Crippen LogP) is 3.05. The summed E-state index contributed by atoms with van der Waals surface area (Å²) in [6, 6.07) is 9.77. The van der Waals surface area contributed by atoms with Gasteiger partial charge >= 0.3 is 0 Å². The molecule has 0 amide bonds. The quantitative estimate of drug-likeness (QED) is 0.825. The Bertz CT molecular complexity index is 589. The Labute approximate surface area is 104 Å². The third-order valence-corrected chi connectivity index (χ3v) is 2.34. The number of benzene rings is 1. The first kappa shape index (κ1) is 11.4. The van der Waals surface area contributed by atoms with Gasteiger partial charge in [0.2, 0.25) is 5.28 Å². The van der Waals surface area contributed by atoms with Crippen molar-refractivity contribution in [1.82, 2.24) is 9.97 Å². The minimum absolute atomic E-state index is 0.110. The second-order valence-corrected chi connectivity index (χ2v) is 3.85. The smallest absolute Gasteiger partial charge is 0.224 e. The summed E-state index contributed by atoms with van der Waals surface area (Å²) < 4.78 is 0. The summed E-state index contributed by atoms with van der Waals surface area (Å²) in [5, 5.41) is 12.1. The third-order valence-electron chi connectivity index (χ3n) is 2.16. The second kappa shape index (κ2) is 4.81. The van der Waals surface area contributed by atoms with Crippen LogP contribution < -0.4 is 5.32 Å². The number of rotatable bonds is 2. The van der Waals surface area contributed by atoms with Gasteiger partial charge in [-0.3, -0.25) is 0 Å². The maximum absolute atomic E-state index is 8.93. The molecule has 4 nitrogen and oxygen atoms in total. The molecule has 0 aliphatic rings. The molecule has 0 atom stereocenters. The maximum atomic E-state index is 8.93. The minimum atomic E-state index is 0.110. The van der Waals surface area contributed by atoms with Crippen LogP contribution in [0.3, 0.4) is 0 Å². The molecule has 0 bridgehead atoms. The third kappa shape index (κ3) is 2.71. The minimum Gasteiger partial charge on any atom is -0.339 e. The fraction of sp³-hybridized carbons (Fsp3) is 0.0833. The van der Waals surface area contributed by atoms with Gasteiger partial charge in [-0.25, -0.2) is 4.98 Å². The van der Waals surface area contributed by atoms with Gasteiger partial charge in [0.15, 0.2) is 5.82 Å². The van der Waals surface area contributed by atoms with Crippen molar-refractivity contribution in [1.29, 1.82) is 5.26 Å². The van der Waals surface area contributed by atoms with Crippen LogP contribution in [0.2, 0.25) is 5.28 Å². The van der Waals surface area contributed by atoms with E-state index in [4.69, 9.17) is 16.9 Å². The van der Waals surface area contributed by atoms with Crippen LogP contribution >= 0.6 is 11.6 Å². The average molecular weight is 245 g/mol. The van der Waals surface area contributed by atoms with Gasteiger partial charge in [-0.1, -0.05) is 12.1 Å². The first-order chi connectivity index (χ1) is 8.19. The first-order valence-electron chi connectivity index (χ1n) is 4.95. The van der Waals surface area contributed by atoms with Gasteiger partial charge < -0.3 is 5.32 Å². The van der Waals surface area contributed by atoms with Crippen LogP contribution in [0.25, 0.3) is 0 Å². The van der Waals surface area contributed by atoms with Crippen LogP contribution in [0, 0.1) is 18.3 Å². The summed E-state index contributed by atoms with van der Waals surface area (Å²) in [4.78, 5) is 7.75. The summed E-state index contributed by atoms with van der Waals surface area (Å²) in [7, 11) is 0. The van der Waals surface area contributed by atoms with E-state index in [9.17, 15) is 0 Å². The van der Waals surface area contributed by atoms with Gasteiger partial charge in [-0.05, 0) is 36.2 Å². The SMILES string of the molecule is Cc1cccc(Nc2nc(Cl)ncc2C#N)c1. The van der Waals surface area contributed by atoms with Crippen LogP contribution in [0.15, 0.2) is 30.5 Å². The van der Waals surface area contributed by atoms with Crippen LogP contribution in [0.5, 0.6) is 0 Å². The van der Waals surface area contributed by atoms with Crippen molar-refractivity contribution in [3.8, 4) is 6.07 Å². The van der Waals surface area contributed by atoms with Crippen LogP contribution in [0.4, 0.5) is 11.5 Å². The molecule has 0 fully saturated rings. The number of nitrogens with one attached hydrogen (secondary N) is 1. The Morgan fingerprint density at radius 3 is 2.94 bits per heavy atom. The van der Waals surface area contributed by atoms with Crippen LogP contribution in [-0.2, 0) is 0 Å². The van der Waals surface area contributed by atoms with E-state index >= 15 is 0 Å². The summed E-state index contributed by atoms with van der Waals surface area (Å²) in [5.74, 6) is 0.415. The van der Waals surface area contributed by atoms with Crippen molar-refractivity contribution in [2.45, 2.75) is 6.92 Å². The van der Waals surface area contributed by atoms with Crippen LogP contribution in [0.1, 0.15) is 11.1 Å². The molecule has 0 aliphatic carbocycles. The molecule has 1 aromatic carbocycles. The highest BCUT2D eigenvalue weighted by atomic mass is 35.5. The molecule has 1 N–H and O–H groups in total. The van der Waals surface area contributed by atoms with Gasteiger partial charge in [0.05, 0.1) is 6.20 Å². The van der Waals surface area contributed by atoms with Crippen molar-refractivity contribution in [2.24, 2.45) is 0 Å². The van der Waals surface area contributed by atoms with E-state index in [1.54, 1.807) is 0 Å². The first-order valence-corrected chi connectivity index (χ1v) is 5.33. The molecule has 0 saturated carbocycles. The molecule has 0 radical (unpaired) electrons. The molecule has 0 saturated heterocycles. The molecule has 2 rings (SSSR count). The van der Waals surface area contributed by atoms with E-state index in [-0.39, 0.29) is 5.28 Å². The molecular formula is C12H9ClN4. The van der Waals surface area contributed by atoms with E-state index in [0.717, 1.165) is 11.3 Å². The Morgan fingerprint density at radius 2 is 2.24 bits per heavy atom. The zero-order valence-electron chi connectivity index (χ0n) is 9.11. The zero-order chi connectivity index (χ0) is 12.3. The van der Waals surface area contributed by atoms with Crippen molar-refractivity contribution < 1.29 is 0 Å². The molecule has 0 unspecified atom stereocenters. The molecule has 84 valence electrons. The van der Waals surface area contributed by atoms with E-state index < -0.39 is 0 Å². The van der Waals surface area contributed by atoms with Gasteiger partial charge in [-0.15, -0.1) is 0 Å². The lowest BCUT2D eigenvalue weighted by molar-refractivity contribution is 1.15. The number of hydrogen-bond acceptors (Lipinski definition) is 4. The molecule has 1 heterocycles. The average Bonchev–Trinajstić information content (AvgIpc) is 2.29. The summed E-state index contributed by atoms with van der Waals surface area (Å²) >= 11 is 5.70. The molecule has 5 heteroatoms. The molecule has 0 aliphatic heterocycles. The molecule has 17 heavy (non-hydrogen) atoms. The maximum Gasteiger partial charge on any atom is 0.224 e. The second-order valence-electron chi connectivity index (χ2n) is 3.51. The monoisotopic (exact) mass is 244 g/mol. The number of anilines is 2. The van der Waals surface area contributed by atoms with Crippen molar-refractivity contribution in [3.63, 3.8) is 0 Å². The number of hydrogen-bond donors (Lipinski definition) is 1. The van der Waals surface area contributed by atoms with Crippen molar-refractivity contribution >= 4 is 23.1 Å². The van der Waals surface area contributed by atoms with Gasteiger partial charge in [-0.2, -0.15) is 10.2 Å². The topological polar surface area (TPSA) is 61.6 Å². The van der Waals surface area contributed by atoms with E-state index in [1.165, 1.54) is 6.20 Å². The Hall–Kier alpha value is -2.12. The Kier molecular flexibility index (Phi) is 3.22. The fourth-order valence-corrected chi connectivity index (χ4v) is 1.53. The van der Waals surface area contributed by atoms with E-state index in [2.05, 4.69) is 15.3 Å². The predicted molar refractivity (Wildman–Crippen MR) is 66.2 cm³/mol. The highest BCUT2D eigenvalue weighted by Crippen LogP contribution is 2.19. The molecular weight excluding hydrogens is 236 g/mol. The lowest BCUT2D eigenvalue weighted by Crippen LogP contribution is -1.98. The largest absolute Gasteiger partial charge is 0.339 e. The van der Waals surface area contributed by atoms with Gasteiger partial charge in [0.25, 0.3) is 0 Å². The number of aromatic nitrogens is 2. The van der Waals surface area contributed by atoms with Crippen molar-refractivity contribution in [2.75, 3.05) is 5.32 Å². The lowest BCUT2D eigenvalue weighted by Gasteiger charge is -2.07. The lowest BCUT2D eigenvalue weighted by atomic mass is 10.2. The molecule has 1 aromatic heterocycles. The van der Waals surface area contributed by atoms with Gasteiger partial charge in [0.1, 0.15) is 11.6 Å². The van der Waals surface area contributed by atoms with E-state index in [0.29, 0.717) is 11.4 Å². The number of nitriles is 1. The fourth-order valence-electron chi connectivity index (χ4n) is 1.40. The van der Waals surface area contributed by atoms with Crippen LogP contribution in [-0.4, -0.2) is 9.97 Å².